The summed E-state index contributed by atoms with van der Waals surface area (Å²) in [7, 11) is 1.27. The molecule has 84 valence electrons. The van der Waals surface area contributed by atoms with Gasteiger partial charge < -0.3 is 4.74 Å². The second-order valence-electron chi connectivity index (χ2n) is 3.15. The van der Waals surface area contributed by atoms with E-state index < -0.39 is 12.1 Å². The molecule has 0 bridgehead atoms. The zero-order valence-corrected chi connectivity index (χ0v) is 8.81. The monoisotopic (exact) mass is 215 g/mol. The van der Waals surface area contributed by atoms with Gasteiger partial charge in [0.05, 0.1) is 13.3 Å². The minimum absolute atomic E-state index is 0.143. The van der Waals surface area contributed by atoms with Crippen LogP contribution < -0.4 is 0 Å². The predicted molar refractivity (Wildman–Crippen MR) is 51.2 cm³/mol. The van der Waals surface area contributed by atoms with Crippen molar-refractivity contribution in [2.45, 2.75) is 32.5 Å². The summed E-state index contributed by atoms with van der Waals surface area (Å²) < 4.78 is 18.8. The third kappa shape index (κ3) is 3.30. The predicted octanol–water partition coefficient (Wildman–Crippen LogP) is 1.20. The van der Waals surface area contributed by atoms with Gasteiger partial charge >= 0.3 is 5.97 Å². The molecule has 0 amide bonds. The average molecular weight is 215 g/mol. The third-order valence-corrected chi connectivity index (χ3v) is 2.05. The van der Waals surface area contributed by atoms with E-state index in [0.717, 1.165) is 0 Å². The van der Waals surface area contributed by atoms with Crippen molar-refractivity contribution >= 4 is 5.97 Å². The zero-order valence-electron chi connectivity index (χ0n) is 8.81. The Hall–Kier alpha value is -1.46. The summed E-state index contributed by atoms with van der Waals surface area (Å²) >= 11 is 0. The van der Waals surface area contributed by atoms with Crippen LogP contribution in [0.1, 0.15) is 30.3 Å². The van der Waals surface area contributed by atoms with E-state index in [-0.39, 0.29) is 5.69 Å². The number of ether oxygens (including phenoxy) is 1. The molecule has 1 unspecified atom stereocenters. The molecule has 15 heavy (non-hydrogen) atoms. The van der Waals surface area contributed by atoms with Crippen LogP contribution in [0.4, 0.5) is 4.39 Å². The van der Waals surface area contributed by atoms with Crippen LogP contribution in [0.5, 0.6) is 0 Å². The van der Waals surface area contributed by atoms with E-state index in [2.05, 4.69) is 15.0 Å². The highest BCUT2D eigenvalue weighted by atomic mass is 19.1. The van der Waals surface area contributed by atoms with Crippen molar-refractivity contribution in [1.82, 2.24) is 15.0 Å². The molecule has 1 rings (SSSR count). The summed E-state index contributed by atoms with van der Waals surface area (Å²) in [6, 6.07) is 0. The topological polar surface area (TPSA) is 57.0 Å². The van der Waals surface area contributed by atoms with Crippen molar-refractivity contribution < 1.29 is 13.9 Å². The number of esters is 1. The molecule has 6 heteroatoms. The molecule has 0 aliphatic rings. The van der Waals surface area contributed by atoms with Gasteiger partial charge in [0.15, 0.2) is 5.69 Å². The third-order valence-electron chi connectivity index (χ3n) is 2.05. The first-order valence-electron chi connectivity index (χ1n) is 4.80. The Balaban J connectivity index is 2.49. The Bertz CT molecular complexity index is 327. The molecule has 0 radical (unpaired) electrons. The van der Waals surface area contributed by atoms with E-state index in [1.54, 1.807) is 6.92 Å². The molecule has 0 saturated carbocycles. The van der Waals surface area contributed by atoms with E-state index in [9.17, 15) is 9.18 Å². The van der Waals surface area contributed by atoms with Crippen molar-refractivity contribution in [3.8, 4) is 0 Å². The molecule has 1 aromatic rings. The van der Waals surface area contributed by atoms with Crippen LogP contribution in [-0.2, 0) is 11.3 Å². The summed E-state index contributed by atoms with van der Waals surface area (Å²) in [5, 5.41) is 7.30. The van der Waals surface area contributed by atoms with E-state index in [1.807, 2.05) is 0 Å². The fourth-order valence-electron chi connectivity index (χ4n) is 1.08. The maximum atomic E-state index is 12.9. The van der Waals surface area contributed by atoms with Gasteiger partial charge in [-0.05, 0) is 12.8 Å². The molecular weight excluding hydrogens is 201 g/mol. The molecule has 0 spiro atoms. The van der Waals surface area contributed by atoms with Crippen LogP contribution >= 0.6 is 0 Å². The lowest BCUT2D eigenvalue weighted by Gasteiger charge is -2.03. The molecule has 1 atom stereocenters. The Morgan fingerprint density at radius 3 is 3.07 bits per heavy atom. The Morgan fingerprint density at radius 1 is 1.73 bits per heavy atom. The first kappa shape index (κ1) is 11.6. The van der Waals surface area contributed by atoms with E-state index in [1.165, 1.54) is 18.0 Å². The van der Waals surface area contributed by atoms with E-state index in [4.69, 9.17) is 0 Å². The molecule has 1 aromatic heterocycles. The van der Waals surface area contributed by atoms with Gasteiger partial charge in [-0.15, -0.1) is 5.10 Å². The maximum Gasteiger partial charge on any atom is 0.360 e. The Morgan fingerprint density at radius 2 is 2.47 bits per heavy atom. The molecule has 1 heterocycles. The van der Waals surface area contributed by atoms with Crippen molar-refractivity contribution in [1.29, 1.82) is 0 Å². The molecule has 0 aliphatic heterocycles. The zero-order chi connectivity index (χ0) is 11.3. The first-order valence-corrected chi connectivity index (χ1v) is 4.80. The summed E-state index contributed by atoms with van der Waals surface area (Å²) in [5.41, 5.74) is 0.143. The maximum absolute atomic E-state index is 12.9. The fraction of sp³-hybridized carbons (Fsp3) is 0.667. The smallest absolute Gasteiger partial charge is 0.360 e. The van der Waals surface area contributed by atoms with Gasteiger partial charge in [-0.25, -0.2) is 9.18 Å². The standard InChI is InChI=1S/C9H14FN3O2/c1-3-7(10)4-5-13-6-8(11-12-13)9(14)15-2/h6-7H,3-5H2,1-2H3. The lowest BCUT2D eigenvalue weighted by Crippen LogP contribution is -2.06. The normalized spacial score (nSPS) is 12.5. The minimum Gasteiger partial charge on any atom is -0.464 e. The van der Waals surface area contributed by atoms with Gasteiger partial charge in [0.2, 0.25) is 0 Å². The molecule has 0 aliphatic carbocycles. The van der Waals surface area contributed by atoms with Crippen LogP contribution in [0, 0.1) is 0 Å². The van der Waals surface area contributed by atoms with Gasteiger partial charge in [-0.1, -0.05) is 12.1 Å². The number of carbonyl (C=O) groups is 1. The second kappa shape index (κ2) is 5.43. The molecule has 0 N–H and O–H groups in total. The minimum atomic E-state index is -0.837. The largest absolute Gasteiger partial charge is 0.464 e. The van der Waals surface area contributed by atoms with Crippen LogP contribution in [0.3, 0.4) is 0 Å². The van der Waals surface area contributed by atoms with Crippen LogP contribution in [0.25, 0.3) is 0 Å². The highest BCUT2D eigenvalue weighted by Crippen LogP contribution is 2.04. The number of aryl methyl sites for hydroxylation is 1. The van der Waals surface area contributed by atoms with E-state index in [0.29, 0.717) is 19.4 Å². The SMILES string of the molecule is CCC(F)CCn1cc(C(=O)OC)nn1. The number of hydrogen-bond donors (Lipinski definition) is 0. The average Bonchev–Trinajstić information content (AvgIpc) is 2.73. The van der Waals surface area contributed by atoms with Gasteiger partial charge in [0.1, 0.15) is 6.17 Å². The highest BCUT2D eigenvalue weighted by Gasteiger charge is 2.11. The summed E-state index contributed by atoms with van der Waals surface area (Å²) in [6.45, 7) is 2.20. The first-order chi connectivity index (χ1) is 7.17. The van der Waals surface area contributed by atoms with Crippen LogP contribution in [-0.4, -0.2) is 34.2 Å². The quantitative estimate of drug-likeness (QED) is 0.692. The lowest BCUT2D eigenvalue weighted by molar-refractivity contribution is 0.0594. The van der Waals surface area contributed by atoms with Gasteiger partial charge in [0, 0.05) is 6.54 Å². The van der Waals surface area contributed by atoms with Crippen molar-refractivity contribution in [2.75, 3.05) is 7.11 Å². The van der Waals surface area contributed by atoms with Crippen molar-refractivity contribution in [3.05, 3.63) is 11.9 Å². The number of halogens is 1. The fourth-order valence-corrected chi connectivity index (χ4v) is 1.08. The molecule has 0 saturated heterocycles. The second-order valence-corrected chi connectivity index (χ2v) is 3.15. The van der Waals surface area contributed by atoms with Crippen molar-refractivity contribution in [3.63, 3.8) is 0 Å². The molecule has 0 fully saturated rings. The number of aromatic nitrogens is 3. The summed E-state index contributed by atoms with van der Waals surface area (Å²) in [6.07, 6.45) is 1.48. The molecule has 0 aromatic carbocycles. The number of hydrogen-bond acceptors (Lipinski definition) is 4. The number of alkyl halides is 1. The number of carbonyl (C=O) groups excluding carboxylic acids is 1. The Kier molecular flexibility index (Phi) is 4.20. The van der Waals surface area contributed by atoms with Crippen molar-refractivity contribution in [2.24, 2.45) is 0 Å². The lowest BCUT2D eigenvalue weighted by atomic mass is 10.2. The summed E-state index contributed by atoms with van der Waals surface area (Å²) in [5.74, 6) is -0.534. The van der Waals surface area contributed by atoms with E-state index >= 15 is 0 Å². The van der Waals surface area contributed by atoms with Gasteiger partial charge in [0.25, 0.3) is 0 Å². The molecular formula is C9H14FN3O2. The summed E-state index contributed by atoms with van der Waals surface area (Å²) in [4.78, 5) is 11.0. The number of rotatable bonds is 5. The van der Waals surface area contributed by atoms with Gasteiger partial charge in [-0.2, -0.15) is 0 Å². The highest BCUT2D eigenvalue weighted by molar-refractivity contribution is 5.86. The van der Waals surface area contributed by atoms with Gasteiger partial charge in [-0.3, -0.25) is 4.68 Å². The van der Waals surface area contributed by atoms with Crippen LogP contribution in [0.2, 0.25) is 0 Å². The molecule has 5 nitrogen and oxygen atoms in total. The van der Waals surface area contributed by atoms with Crippen LogP contribution in [0.15, 0.2) is 6.20 Å². The Labute approximate surface area is 87.2 Å². The number of methoxy groups -OCH3 is 1. The number of nitrogens with zero attached hydrogens (tertiary/aromatic N) is 3.